The lowest BCUT2D eigenvalue weighted by molar-refractivity contribution is -0.153. The Labute approximate surface area is 162 Å². The summed E-state index contributed by atoms with van der Waals surface area (Å²) in [6.07, 6.45) is -1.08. The molecule has 0 aromatic heterocycles. The van der Waals surface area contributed by atoms with Crippen LogP contribution in [0.1, 0.15) is 38.8 Å². The van der Waals surface area contributed by atoms with Gasteiger partial charge in [-0.3, -0.25) is 24.1 Å². The molecule has 3 rings (SSSR count). The molecule has 2 aromatic carbocycles. The number of hydrogen-bond acceptors (Lipinski definition) is 5. The van der Waals surface area contributed by atoms with E-state index in [0.717, 1.165) is 16.0 Å². The lowest BCUT2D eigenvalue weighted by atomic mass is 10.1. The summed E-state index contributed by atoms with van der Waals surface area (Å²) in [6, 6.07) is 11.8. The third-order valence-corrected chi connectivity index (χ3v) is 4.71. The molecule has 2 aromatic rings. The van der Waals surface area contributed by atoms with E-state index in [9.17, 15) is 19.2 Å². The monoisotopic (exact) mass is 380 g/mol. The molecule has 1 N–H and O–H groups in total. The fraction of sp³-hybridized carbons (Fsp3) is 0.238. The molecular weight excluding hydrogens is 360 g/mol. The smallest absolute Gasteiger partial charge is 0.326 e. The maximum Gasteiger partial charge on any atom is 0.326 e. The third-order valence-electron chi connectivity index (χ3n) is 4.71. The summed E-state index contributed by atoms with van der Waals surface area (Å²) in [6.45, 7) is 4.69. The molecule has 1 atom stereocenters. The molecule has 0 spiro atoms. The molecule has 0 radical (unpaired) electrons. The molecule has 0 bridgehead atoms. The maximum atomic E-state index is 12.3. The van der Waals surface area contributed by atoms with Crippen LogP contribution >= 0.6 is 0 Å². The quantitative estimate of drug-likeness (QED) is 0.635. The zero-order valence-electron chi connectivity index (χ0n) is 15.8. The number of amides is 3. The van der Waals surface area contributed by atoms with Crippen molar-refractivity contribution in [3.8, 4) is 0 Å². The van der Waals surface area contributed by atoms with Crippen molar-refractivity contribution in [2.75, 3.05) is 11.9 Å². The summed E-state index contributed by atoms with van der Waals surface area (Å²) in [5.74, 6) is -2.43. The summed E-state index contributed by atoms with van der Waals surface area (Å²) in [5.41, 5.74) is 3.07. The highest BCUT2D eigenvalue weighted by molar-refractivity contribution is 6.22. The van der Waals surface area contributed by atoms with E-state index in [-0.39, 0.29) is 11.1 Å². The largest absolute Gasteiger partial charge is 0.451 e. The van der Waals surface area contributed by atoms with Gasteiger partial charge in [0.15, 0.2) is 6.10 Å². The second kappa shape index (κ2) is 7.64. The first-order valence-corrected chi connectivity index (χ1v) is 8.81. The predicted molar refractivity (Wildman–Crippen MR) is 102 cm³/mol. The van der Waals surface area contributed by atoms with Gasteiger partial charge in [-0.2, -0.15) is 0 Å². The van der Waals surface area contributed by atoms with Crippen molar-refractivity contribution in [3.05, 3.63) is 64.7 Å². The Bertz CT molecular complexity index is 948. The summed E-state index contributed by atoms with van der Waals surface area (Å²) in [7, 11) is 0. The molecule has 1 aliphatic rings. The molecule has 7 nitrogen and oxygen atoms in total. The number of benzene rings is 2. The molecule has 0 fully saturated rings. The molecule has 0 aliphatic carbocycles. The predicted octanol–water partition coefficient (Wildman–Crippen LogP) is 2.47. The SMILES string of the molecule is Cc1cccc(NC(=O)[C@@H](C)OC(=O)CN2C(=O)c3ccccc3C2=O)c1C. The summed E-state index contributed by atoms with van der Waals surface area (Å²) in [4.78, 5) is 49.9. The molecule has 3 amide bonds. The highest BCUT2D eigenvalue weighted by atomic mass is 16.5. The van der Waals surface area contributed by atoms with Gasteiger partial charge >= 0.3 is 5.97 Å². The van der Waals surface area contributed by atoms with Gasteiger partial charge in [-0.1, -0.05) is 24.3 Å². The number of nitrogens with one attached hydrogen (secondary N) is 1. The van der Waals surface area contributed by atoms with Crippen LogP contribution in [0.4, 0.5) is 5.69 Å². The lowest BCUT2D eigenvalue weighted by Crippen LogP contribution is -2.38. The number of hydrogen-bond donors (Lipinski definition) is 1. The Morgan fingerprint density at radius 1 is 1.00 bits per heavy atom. The number of ether oxygens (including phenoxy) is 1. The first kappa shape index (κ1) is 19.3. The first-order valence-electron chi connectivity index (χ1n) is 8.81. The number of nitrogens with zero attached hydrogens (tertiary/aromatic N) is 1. The van der Waals surface area contributed by atoms with Crippen molar-refractivity contribution in [2.45, 2.75) is 26.9 Å². The van der Waals surface area contributed by atoms with Crippen molar-refractivity contribution in [3.63, 3.8) is 0 Å². The molecule has 0 saturated carbocycles. The minimum atomic E-state index is -1.08. The first-order chi connectivity index (χ1) is 13.3. The molecule has 0 saturated heterocycles. The maximum absolute atomic E-state index is 12.3. The van der Waals surface area contributed by atoms with Crippen molar-refractivity contribution in [2.24, 2.45) is 0 Å². The number of carbonyl (C=O) groups excluding carboxylic acids is 4. The van der Waals surface area contributed by atoms with Crippen molar-refractivity contribution >= 4 is 29.4 Å². The van der Waals surface area contributed by atoms with Gasteiger partial charge in [0, 0.05) is 5.69 Å². The van der Waals surface area contributed by atoms with Crippen molar-refractivity contribution in [1.82, 2.24) is 4.90 Å². The van der Waals surface area contributed by atoms with Gasteiger partial charge in [0.05, 0.1) is 11.1 Å². The van der Waals surface area contributed by atoms with Gasteiger partial charge in [-0.15, -0.1) is 0 Å². The molecule has 1 heterocycles. The zero-order chi connectivity index (χ0) is 20.4. The van der Waals surface area contributed by atoms with Crippen LogP contribution in [0.3, 0.4) is 0 Å². The molecule has 1 aliphatic heterocycles. The second-order valence-corrected chi connectivity index (χ2v) is 6.61. The molecular formula is C21H20N2O5. The van der Waals surface area contributed by atoms with Crippen molar-refractivity contribution in [1.29, 1.82) is 0 Å². The van der Waals surface area contributed by atoms with Crippen LogP contribution in [-0.2, 0) is 14.3 Å². The standard InChI is InChI=1S/C21H20N2O5/c1-12-7-6-10-17(13(12)2)22-19(25)14(3)28-18(24)11-23-20(26)15-8-4-5-9-16(15)21(23)27/h4-10,14H,11H2,1-3H3,(H,22,25)/t14-/m1/s1. The van der Waals surface area contributed by atoms with E-state index in [1.54, 1.807) is 18.2 Å². The Kier molecular flexibility index (Phi) is 5.26. The Hall–Kier alpha value is -3.48. The van der Waals surface area contributed by atoms with Crippen LogP contribution in [0.25, 0.3) is 0 Å². The van der Waals surface area contributed by atoms with Crippen LogP contribution in [-0.4, -0.2) is 41.2 Å². The number of esters is 1. The second-order valence-electron chi connectivity index (χ2n) is 6.61. The third kappa shape index (κ3) is 3.64. The minimum absolute atomic E-state index is 0.251. The fourth-order valence-corrected chi connectivity index (χ4v) is 2.92. The molecule has 144 valence electrons. The van der Waals surface area contributed by atoms with Crippen LogP contribution in [0.15, 0.2) is 42.5 Å². The summed E-state index contributed by atoms with van der Waals surface area (Å²) < 4.78 is 5.11. The van der Waals surface area contributed by atoms with E-state index in [0.29, 0.717) is 5.69 Å². The van der Waals surface area contributed by atoms with E-state index >= 15 is 0 Å². The fourth-order valence-electron chi connectivity index (χ4n) is 2.92. The highest BCUT2D eigenvalue weighted by Crippen LogP contribution is 2.22. The topological polar surface area (TPSA) is 92.8 Å². The molecule has 28 heavy (non-hydrogen) atoms. The zero-order valence-corrected chi connectivity index (χ0v) is 15.8. The van der Waals surface area contributed by atoms with E-state index in [2.05, 4.69) is 5.32 Å². The molecule has 7 heteroatoms. The van der Waals surface area contributed by atoms with Gasteiger partial charge in [0.1, 0.15) is 6.54 Å². The number of anilines is 1. The van der Waals surface area contributed by atoms with Gasteiger partial charge in [0.25, 0.3) is 17.7 Å². The Morgan fingerprint density at radius 2 is 1.61 bits per heavy atom. The average Bonchev–Trinajstić information content (AvgIpc) is 2.90. The van der Waals surface area contributed by atoms with Crippen LogP contribution < -0.4 is 5.32 Å². The van der Waals surface area contributed by atoms with E-state index in [1.165, 1.54) is 19.1 Å². The average molecular weight is 380 g/mol. The number of rotatable bonds is 5. The van der Waals surface area contributed by atoms with Crippen LogP contribution in [0.5, 0.6) is 0 Å². The van der Waals surface area contributed by atoms with E-state index in [4.69, 9.17) is 4.74 Å². The van der Waals surface area contributed by atoms with E-state index in [1.807, 2.05) is 26.0 Å². The minimum Gasteiger partial charge on any atom is -0.451 e. The summed E-state index contributed by atoms with van der Waals surface area (Å²) in [5, 5.41) is 2.72. The van der Waals surface area contributed by atoms with Gasteiger partial charge < -0.3 is 10.1 Å². The Morgan fingerprint density at radius 3 is 2.21 bits per heavy atom. The number of aryl methyl sites for hydroxylation is 1. The number of fused-ring (bicyclic) bond motifs is 1. The number of imide groups is 1. The normalized spacial score (nSPS) is 13.9. The van der Waals surface area contributed by atoms with Gasteiger partial charge in [0.2, 0.25) is 0 Å². The summed E-state index contributed by atoms with van der Waals surface area (Å²) >= 11 is 0. The van der Waals surface area contributed by atoms with Gasteiger partial charge in [-0.05, 0) is 50.1 Å². The van der Waals surface area contributed by atoms with Crippen LogP contribution in [0.2, 0.25) is 0 Å². The highest BCUT2D eigenvalue weighted by Gasteiger charge is 2.37. The van der Waals surface area contributed by atoms with Crippen LogP contribution in [0, 0.1) is 13.8 Å². The van der Waals surface area contributed by atoms with E-state index < -0.39 is 36.3 Å². The van der Waals surface area contributed by atoms with Crippen molar-refractivity contribution < 1.29 is 23.9 Å². The Balaban J connectivity index is 1.60. The van der Waals surface area contributed by atoms with Gasteiger partial charge in [-0.25, -0.2) is 0 Å². The molecule has 0 unspecified atom stereocenters. The number of carbonyl (C=O) groups is 4. The lowest BCUT2D eigenvalue weighted by Gasteiger charge is -2.17.